The van der Waals surface area contributed by atoms with Crippen molar-refractivity contribution < 1.29 is 28.7 Å². The number of H-pyrrole nitrogens is 2. The van der Waals surface area contributed by atoms with Gasteiger partial charge in [0.05, 0.1) is 49.4 Å². The van der Waals surface area contributed by atoms with Crippen molar-refractivity contribution in [2.24, 2.45) is 5.92 Å². The number of aromatic nitrogens is 4. The molecule has 2 aromatic heterocycles. The number of benzene rings is 5. The molecule has 4 N–H and O–H groups in total. The monoisotopic (exact) mass is 810 g/mol. The van der Waals surface area contributed by atoms with Crippen LogP contribution in [0.5, 0.6) is 0 Å². The molecule has 0 aliphatic heterocycles. The fourth-order valence-corrected chi connectivity index (χ4v) is 7.54. The third-order valence-corrected chi connectivity index (χ3v) is 11.0. The smallest absolute Gasteiger partial charge is 0.407 e. The maximum Gasteiger partial charge on any atom is 0.407 e. The standard InChI is InChI=1S/C46H50N8O6/c1-7-21-53(44(56)41(52-46(58)60-6)29-11-9-8-10-12-29)25-38-48-36-19-15-32-22-30(13-17-34(32)42(36)50-38)31-14-18-35-33(23-31)16-20-37-43(35)51-39(49-37)26-54(28(4)27(2)3)40(55)24-47-45(57)59-5/h8-20,22-23,27-28,41H,7,21,24-26H2,1-6H3,(H,47,57)(H,48,50)(H,49,51)(H,52,58)/t28-,41-/m1/s1. The Bertz CT molecular complexity index is 2690. The highest BCUT2D eigenvalue weighted by Gasteiger charge is 2.29. The number of carbonyl (C=O) groups is 4. The van der Waals surface area contributed by atoms with Crippen molar-refractivity contribution in [3.8, 4) is 11.1 Å². The number of ether oxygens (including phenoxy) is 2. The molecule has 0 radical (unpaired) electrons. The van der Waals surface area contributed by atoms with Gasteiger partial charge in [-0.05, 0) is 71.0 Å². The molecule has 60 heavy (non-hydrogen) atoms. The van der Waals surface area contributed by atoms with Crippen LogP contribution in [0.1, 0.15) is 57.4 Å². The molecule has 0 aliphatic carbocycles. The summed E-state index contributed by atoms with van der Waals surface area (Å²) in [7, 11) is 2.54. The predicted octanol–water partition coefficient (Wildman–Crippen LogP) is 7.98. The summed E-state index contributed by atoms with van der Waals surface area (Å²) in [4.78, 5) is 71.2. The highest BCUT2D eigenvalue weighted by molar-refractivity contribution is 6.07. The van der Waals surface area contributed by atoms with Crippen molar-refractivity contribution in [3.63, 3.8) is 0 Å². The third kappa shape index (κ3) is 8.72. The molecule has 0 saturated carbocycles. The van der Waals surface area contributed by atoms with Gasteiger partial charge in [0.15, 0.2) is 0 Å². The van der Waals surface area contributed by atoms with Gasteiger partial charge in [-0.1, -0.05) is 87.5 Å². The average molecular weight is 811 g/mol. The lowest BCUT2D eigenvalue weighted by Gasteiger charge is -2.31. The number of rotatable bonds is 14. The Hall–Kier alpha value is -6.96. The number of alkyl carbamates (subject to hydrolysis) is 2. The molecule has 0 unspecified atom stereocenters. The molecule has 14 nitrogen and oxygen atoms in total. The van der Waals surface area contributed by atoms with Gasteiger partial charge in [-0.2, -0.15) is 0 Å². The number of imidazole rings is 2. The number of nitrogens with one attached hydrogen (secondary N) is 4. The Morgan fingerprint density at radius 3 is 1.82 bits per heavy atom. The number of nitrogens with zero attached hydrogens (tertiary/aromatic N) is 4. The van der Waals surface area contributed by atoms with E-state index in [-0.39, 0.29) is 43.4 Å². The van der Waals surface area contributed by atoms with E-state index in [1.807, 2.05) is 56.3 Å². The summed E-state index contributed by atoms with van der Waals surface area (Å²) in [5, 5.41) is 9.29. The van der Waals surface area contributed by atoms with Crippen LogP contribution in [0.2, 0.25) is 0 Å². The molecule has 0 saturated heterocycles. The van der Waals surface area contributed by atoms with Crippen LogP contribution in [-0.4, -0.2) is 87.1 Å². The van der Waals surface area contributed by atoms with Gasteiger partial charge in [0.25, 0.3) is 0 Å². The number of hydrogen-bond donors (Lipinski definition) is 4. The normalized spacial score (nSPS) is 12.4. The zero-order chi connectivity index (χ0) is 42.5. The molecule has 2 atom stereocenters. The van der Waals surface area contributed by atoms with Gasteiger partial charge >= 0.3 is 12.2 Å². The molecular formula is C46H50N8O6. The zero-order valence-electron chi connectivity index (χ0n) is 34.7. The lowest BCUT2D eigenvalue weighted by molar-refractivity contribution is -0.134. The maximum absolute atomic E-state index is 14.0. The number of carbonyl (C=O) groups excluding carboxylic acids is 4. The van der Waals surface area contributed by atoms with Crippen molar-refractivity contribution in [2.45, 2.75) is 59.3 Å². The Balaban J connectivity index is 1.13. The van der Waals surface area contributed by atoms with Gasteiger partial charge in [0.1, 0.15) is 24.2 Å². The number of aromatic amines is 2. The molecule has 0 aliphatic rings. The second-order valence-electron chi connectivity index (χ2n) is 15.2. The fraction of sp³-hybridized carbons (Fsp3) is 0.304. The van der Waals surface area contributed by atoms with E-state index < -0.39 is 18.2 Å². The Kier molecular flexibility index (Phi) is 12.3. The minimum absolute atomic E-state index is 0.0962. The van der Waals surface area contributed by atoms with Crippen LogP contribution < -0.4 is 10.6 Å². The summed E-state index contributed by atoms with van der Waals surface area (Å²) in [6.45, 7) is 8.89. The minimum Gasteiger partial charge on any atom is -0.453 e. The topological polar surface area (TPSA) is 175 Å². The average Bonchev–Trinajstić information content (AvgIpc) is 3.89. The van der Waals surface area contributed by atoms with Crippen LogP contribution >= 0.6 is 0 Å². The molecule has 2 heterocycles. The highest BCUT2D eigenvalue weighted by Crippen LogP contribution is 2.33. The van der Waals surface area contributed by atoms with Crippen molar-refractivity contribution in [3.05, 3.63) is 108 Å². The third-order valence-electron chi connectivity index (χ3n) is 11.0. The molecule has 7 aromatic rings. The van der Waals surface area contributed by atoms with Gasteiger partial charge in [0.2, 0.25) is 11.8 Å². The minimum atomic E-state index is -0.914. The molecule has 0 spiro atoms. The first kappa shape index (κ1) is 41.2. The van der Waals surface area contributed by atoms with Gasteiger partial charge in [-0.25, -0.2) is 19.6 Å². The molecule has 14 heteroatoms. The van der Waals surface area contributed by atoms with E-state index in [1.54, 1.807) is 9.80 Å². The van der Waals surface area contributed by atoms with E-state index >= 15 is 0 Å². The lowest BCUT2D eigenvalue weighted by Crippen LogP contribution is -2.46. The first-order chi connectivity index (χ1) is 29.0. The number of fused-ring (bicyclic) bond motifs is 6. The van der Waals surface area contributed by atoms with Crippen LogP contribution in [0.25, 0.3) is 54.7 Å². The van der Waals surface area contributed by atoms with E-state index in [1.165, 1.54) is 14.2 Å². The molecule has 310 valence electrons. The summed E-state index contributed by atoms with van der Waals surface area (Å²) in [6, 6.07) is 28.9. The van der Waals surface area contributed by atoms with Crippen LogP contribution in [0.15, 0.2) is 91.0 Å². The van der Waals surface area contributed by atoms with E-state index in [0.717, 1.165) is 61.2 Å². The summed E-state index contributed by atoms with van der Waals surface area (Å²) >= 11 is 0. The Morgan fingerprint density at radius 1 is 0.717 bits per heavy atom. The van der Waals surface area contributed by atoms with Gasteiger partial charge in [-0.3, -0.25) is 9.59 Å². The van der Waals surface area contributed by atoms with Gasteiger partial charge < -0.3 is 39.9 Å². The summed E-state index contributed by atoms with van der Waals surface area (Å²) in [5.74, 6) is 0.995. The Morgan fingerprint density at radius 2 is 1.28 bits per heavy atom. The van der Waals surface area contributed by atoms with Gasteiger partial charge in [-0.15, -0.1) is 0 Å². The van der Waals surface area contributed by atoms with Crippen molar-refractivity contribution >= 4 is 67.6 Å². The maximum atomic E-state index is 14.0. The first-order valence-corrected chi connectivity index (χ1v) is 20.1. The number of methoxy groups -OCH3 is 2. The van der Waals surface area contributed by atoms with Crippen LogP contribution in [0, 0.1) is 5.92 Å². The quantitative estimate of drug-likeness (QED) is 0.0856. The molecule has 0 bridgehead atoms. The summed E-state index contributed by atoms with van der Waals surface area (Å²) < 4.78 is 9.48. The van der Waals surface area contributed by atoms with E-state index in [4.69, 9.17) is 14.7 Å². The molecule has 5 aromatic carbocycles. The number of amides is 4. The number of hydrogen-bond acceptors (Lipinski definition) is 8. The lowest BCUT2D eigenvalue weighted by atomic mass is 9.98. The highest BCUT2D eigenvalue weighted by atomic mass is 16.5. The largest absolute Gasteiger partial charge is 0.453 e. The summed E-state index contributed by atoms with van der Waals surface area (Å²) in [5.41, 5.74) is 6.12. The summed E-state index contributed by atoms with van der Waals surface area (Å²) in [6.07, 6.45) is -0.623. The second kappa shape index (κ2) is 17.9. The van der Waals surface area contributed by atoms with Crippen LogP contribution in [-0.2, 0) is 32.2 Å². The zero-order valence-corrected chi connectivity index (χ0v) is 34.7. The van der Waals surface area contributed by atoms with E-state index in [9.17, 15) is 19.2 Å². The second-order valence-corrected chi connectivity index (χ2v) is 15.2. The van der Waals surface area contributed by atoms with Crippen LogP contribution in [0.4, 0.5) is 9.59 Å². The molecule has 4 amide bonds. The van der Waals surface area contributed by atoms with Crippen molar-refractivity contribution in [1.29, 1.82) is 0 Å². The van der Waals surface area contributed by atoms with Gasteiger partial charge in [0, 0.05) is 23.4 Å². The molecule has 7 rings (SSSR count). The molecule has 0 fully saturated rings. The van der Waals surface area contributed by atoms with Crippen molar-refractivity contribution in [2.75, 3.05) is 27.3 Å². The van der Waals surface area contributed by atoms with Crippen LogP contribution in [0.3, 0.4) is 0 Å². The van der Waals surface area contributed by atoms with E-state index in [0.29, 0.717) is 23.8 Å². The fourth-order valence-electron chi connectivity index (χ4n) is 7.54. The first-order valence-electron chi connectivity index (χ1n) is 20.1. The SMILES string of the molecule is CCCN(Cc1nc2ccc3cc(-c4ccc5c(ccc6nc(CN(C(=O)CNC(=O)OC)[C@H](C)C(C)C)[nH]c65)c4)ccc3c2[nH]1)C(=O)[C@H](NC(=O)OC)c1ccccc1. The van der Waals surface area contributed by atoms with Crippen molar-refractivity contribution in [1.82, 2.24) is 40.4 Å². The Labute approximate surface area is 347 Å². The van der Waals surface area contributed by atoms with E-state index in [2.05, 4.69) is 87.7 Å². The predicted molar refractivity (Wildman–Crippen MR) is 232 cm³/mol. The molecular weight excluding hydrogens is 761 g/mol.